The number of hydrogen-bond acceptors (Lipinski definition) is 3. The highest BCUT2D eigenvalue weighted by molar-refractivity contribution is 4.79. The van der Waals surface area contributed by atoms with Crippen LogP contribution in [0, 0.1) is 5.41 Å². The predicted molar refractivity (Wildman–Crippen MR) is 68.7 cm³/mol. The second-order valence-electron chi connectivity index (χ2n) is 5.04. The average molecular weight is 231 g/mol. The summed E-state index contributed by atoms with van der Waals surface area (Å²) in [6.07, 6.45) is 2.14. The lowest BCUT2D eigenvalue weighted by Crippen LogP contribution is -2.44. The molecule has 98 valence electrons. The fraction of sp³-hybridized carbons (Fsp3) is 1.00. The average Bonchev–Trinajstić information content (AvgIpc) is 2.33. The molecule has 0 saturated carbocycles. The highest BCUT2D eigenvalue weighted by atomic mass is 16.5. The van der Waals surface area contributed by atoms with Crippen LogP contribution in [0.5, 0.6) is 0 Å². The maximum absolute atomic E-state index is 9.46. The number of methoxy groups -OCH3 is 1. The molecule has 0 aliphatic heterocycles. The minimum atomic E-state index is 0.0111. The van der Waals surface area contributed by atoms with Crippen molar-refractivity contribution in [2.24, 2.45) is 5.41 Å². The molecule has 0 rings (SSSR count). The molecule has 0 amide bonds. The molecule has 16 heavy (non-hydrogen) atoms. The van der Waals surface area contributed by atoms with Gasteiger partial charge in [0.1, 0.15) is 0 Å². The summed E-state index contributed by atoms with van der Waals surface area (Å²) in [4.78, 5) is 2.42. The lowest BCUT2D eigenvalue weighted by Gasteiger charge is -2.36. The van der Waals surface area contributed by atoms with Crippen molar-refractivity contribution in [2.75, 3.05) is 33.4 Å². The Morgan fingerprint density at radius 3 is 2.38 bits per heavy atom. The zero-order chi connectivity index (χ0) is 12.6. The number of ether oxygens (including phenoxy) is 1. The first-order valence-electron chi connectivity index (χ1n) is 6.36. The van der Waals surface area contributed by atoms with Crippen LogP contribution in [-0.4, -0.2) is 49.5 Å². The van der Waals surface area contributed by atoms with Gasteiger partial charge in [0.15, 0.2) is 0 Å². The van der Waals surface area contributed by atoms with Crippen LogP contribution in [0.15, 0.2) is 0 Å². The van der Waals surface area contributed by atoms with Gasteiger partial charge in [0.2, 0.25) is 0 Å². The van der Waals surface area contributed by atoms with Gasteiger partial charge in [-0.1, -0.05) is 20.8 Å². The molecule has 0 aliphatic carbocycles. The molecule has 0 spiro atoms. The second-order valence-corrected chi connectivity index (χ2v) is 5.04. The summed E-state index contributed by atoms with van der Waals surface area (Å²) in [6.45, 7) is 11.6. The van der Waals surface area contributed by atoms with Crippen LogP contribution in [0.1, 0.15) is 40.5 Å². The first-order chi connectivity index (χ1) is 7.52. The van der Waals surface area contributed by atoms with Gasteiger partial charge in [-0.2, -0.15) is 0 Å². The molecule has 0 fully saturated rings. The summed E-state index contributed by atoms with van der Waals surface area (Å²) in [5.41, 5.74) is 0.0111. The minimum Gasteiger partial charge on any atom is -0.396 e. The molecule has 0 aliphatic rings. The monoisotopic (exact) mass is 231 g/mol. The zero-order valence-electron chi connectivity index (χ0n) is 11.6. The third-order valence-corrected chi connectivity index (χ3v) is 3.62. The van der Waals surface area contributed by atoms with Crippen molar-refractivity contribution in [1.82, 2.24) is 4.90 Å². The maximum atomic E-state index is 9.46. The predicted octanol–water partition coefficient (Wildman–Crippen LogP) is 2.14. The highest BCUT2D eigenvalue weighted by Crippen LogP contribution is 2.23. The van der Waals surface area contributed by atoms with Crippen LogP contribution >= 0.6 is 0 Å². The molecule has 3 heteroatoms. The van der Waals surface area contributed by atoms with Crippen LogP contribution in [0.4, 0.5) is 0 Å². The number of rotatable bonds is 9. The van der Waals surface area contributed by atoms with Crippen molar-refractivity contribution in [3.05, 3.63) is 0 Å². The third-order valence-electron chi connectivity index (χ3n) is 3.62. The van der Waals surface area contributed by atoms with Crippen molar-refractivity contribution in [2.45, 2.75) is 46.6 Å². The van der Waals surface area contributed by atoms with Gasteiger partial charge in [0, 0.05) is 38.3 Å². The number of nitrogens with zero attached hydrogens (tertiary/aromatic N) is 1. The maximum Gasteiger partial charge on any atom is 0.0589 e. The summed E-state index contributed by atoms with van der Waals surface area (Å²) in [6, 6.07) is 0.549. The van der Waals surface area contributed by atoms with E-state index in [9.17, 15) is 5.11 Å². The van der Waals surface area contributed by atoms with Crippen molar-refractivity contribution in [3.63, 3.8) is 0 Å². The van der Waals surface area contributed by atoms with E-state index in [1.165, 1.54) is 0 Å². The molecule has 0 aromatic heterocycles. The zero-order valence-corrected chi connectivity index (χ0v) is 11.6. The first-order valence-corrected chi connectivity index (χ1v) is 6.36. The van der Waals surface area contributed by atoms with Crippen LogP contribution in [0.3, 0.4) is 0 Å². The van der Waals surface area contributed by atoms with E-state index < -0.39 is 0 Å². The van der Waals surface area contributed by atoms with E-state index in [1.807, 2.05) is 0 Å². The van der Waals surface area contributed by atoms with Crippen molar-refractivity contribution >= 4 is 0 Å². The Balaban J connectivity index is 4.39. The summed E-state index contributed by atoms with van der Waals surface area (Å²) in [7, 11) is 1.74. The largest absolute Gasteiger partial charge is 0.396 e. The molecule has 0 heterocycles. The van der Waals surface area contributed by atoms with Crippen LogP contribution in [0.2, 0.25) is 0 Å². The normalized spacial score (nSPS) is 17.4. The fourth-order valence-electron chi connectivity index (χ4n) is 1.69. The summed E-state index contributed by atoms with van der Waals surface area (Å²) < 4.78 is 5.14. The van der Waals surface area contributed by atoms with Gasteiger partial charge in [-0.05, 0) is 19.8 Å². The standard InChI is InChI=1S/C13H29NO2/c1-6-12(3)14(8-9-16-5)10-13(4,7-2)11-15/h12,15H,6-11H2,1-5H3. The van der Waals surface area contributed by atoms with Gasteiger partial charge in [0.25, 0.3) is 0 Å². The fourth-order valence-corrected chi connectivity index (χ4v) is 1.69. The molecular weight excluding hydrogens is 202 g/mol. The third kappa shape index (κ3) is 5.28. The number of hydrogen-bond donors (Lipinski definition) is 1. The lowest BCUT2D eigenvalue weighted by atomic mass is 9.87. The van der Waals surface area contributed by atoms with E-state index in [0.717, 1.165) is 32.5 Å². The van der Waals surface area contributed by atoms with E-state index >= 15 is 0 Å². The Morgan fingerprint density at radius 2 is 2.00 bits per heavy atom. The molecule has 2 unspecified atom stereocenters. The SMILES string of the molecule is CCC(C)N(CCOC)CC(C)(CC)CO. The van der Waals surface area contributed by atoms with Gasteiger partial charge in [-0.15, -0.1) is 0 Å². The first kappa shape index (κ1) is 15.9. The number of aliphatic hydroxyl groups excluding tert-OH is 1. The molecule has 0 radical (unpaired) electrons. The van der Waals surface area contributed by atoms with Crippen LogP contribution in [-0.2, 0) is 4.74 Å². The Bertz CT molecular complexity index is 169. The molecule has 1 N–H and O–H groups in total. The molecule has 3 nitrogen and oxygen atoms in total. The summed E-state index contributed by atoms with van der Waals surface area (Å²) in [5.74, 6) is 0. The van der Waals surface area contributed by atoms with Crippen molar-refractivity contribution in [3.8, 4) is 0 Å². The molecule has 0 saturated heterocycles. The molecule has 2 atom stereocenters. The molecular formula is C13H29NO2. The highest BCUT2D eigenvalue weighted by Gasteiger charge is 2.26. The molecule has 0 aromatic carbocycles. The Kier molecular flexibility index (Phi) is 7.98. The van der Waals surface area contributed by atoms with E-state index in [0.29, 0.717) is 6.04 Å². The Hall–Kier alpha value is -0.120. The van der Waals surface area contributed by atoms with E-state index in [1.54, 1.807) is 7.11 Å². The van der Waals surface area contributed by atoms with Crippen LogP contribution in [0.25, 0.3) is 0 Å². The van der Waals surface area contributed by atoms with Crippen molar-refractivity contribution < 1.29 is 9.84 Å². The smallest absolute Gasteiger partial charge is 0.0589 e. The lowest BCUT2D eigenvalue weighted by molar-refractivity contribution is 0.0487. The van der Waals surface area contributed by atoms with Gasteiger partial charge in [-0.25, -0.2) is 0 Å². The second kappa shape index (κ2) is 8.04. The van der Waals surface area contributed by atoms with Gasteiger partial charge in [0.05, 0.1) is 6.61 Å². The summed E-state index contributed by atoms with van der Waals surface area (Å²) >= 11 is 0. The molecule has 0 bridgehead atoms. The summed E-state index contributed by atoms with van der Waals surface area (Å²) in [5, 5.41) is 9.46. The minimum absolute atomic E-state index is 0.0111. The van der Waals surface area contributed by atoms with E-state index in [2.05, 4.69) is 32.6 Å². The van der Waals surface area contributed by atoms with E-state index in [-0.39, 0.29) is 12.0 Å². The Labute approximate surface area is 101 Å². The number of aliphatic hydroxyl groups is 1. The quantitative estimate of drug-likeness (QED) is 0.660. The van der Waals surface area contributed by atoms with Gasteiger partial charge < -0.3 is 9.84 Å². The van der Waals surface area contributed by atoms with Gasteiger partial charge >= 0.3 is 0 Å². The van der Waals surface area contributed by atoms with Crippen molar-refractivity contribution in [1.29, 1.82) is 0 Å². The van der Waals surface area contributed by atoms with E-state index in [4.69, 9.17) is 4.74 Å². The topological polar surface area (TPSA) is 32.7 Å². The Morgan fingerprint density at radius 1 is 1.38 bits per heavy atom. The van der Waals surface area contributed by atoms with Crippen LogP contribution < -0.4 is 0 Å². The van der Waals surface area contributed by atoms with Gasteiger partial charge in [-0.3, -0.25) is 4.90 Å². The molecule has 0 aromatic rings.